The molecule has 0 fully saturated rings. The molecule has 0 aliphatic heterocycles. The van der Waals surface area contributed by atoms with E-state index in [1.807, 2.05) is 37.3 Å². The Morgan fingerprint density at radius 2 is 1.89 bits per heavy atom. The molecule has 0 radical (unpaired) electrons. The SMILES string of the molecule is CCCC(=O)N[C@@H](Cc1ccccc1)C(=O)OCC. The molecular formula is C15H21NO3. The van der Waals surface area contributed by atoms with E-state index in [9.17, 15) is 9.59 Å². The van der Waals surface area contributed by atoms with Crippen molar-refractivity contribution in [3.05, 3.63) is 35.9 Å². The summed E-state index contributed by atoms with van der Waals surface area (Å²) >= 11 is 0. The number of esters is 1. The molecule has 0 bridgehead atoms. The van der Waals surface area contributed by atoms with Crippen LogP contribution in [0.2, 0.25) is 0 Å². The fourth-order valence-corrected chi connectivity index (χ4v) is 1.78. The first-order valence-corrected chi connectivity index (χ1v) is 6.67. The summed E-state index contributed by atoms with van der Waals surface area (Å²) < 4.78 is 5.00. The summed E-state index contributed by atoms with van der Waals surface area (Å²) in [5.74, 6) is -0.493. The summed E-state index contributed by atoms with van der Waals surface area (Å²) in [6.07, 6.45) is 1.63. The van der Waals surface area contributed by atoms with Crippen molar-refractivity contribution in [2.75, 3.05) is 6.61 Å². The first-order valence-electron chi connectivity index (χ1n) is 6.67. The van der Waals surface area contributed by atoms with Crippen LogP contribution >= 0.6 is 0 Å². The van der Waals surface area contributed by atoms with Gasteiger partial charge >= 0.3 is 5.97 Å². The van der Waals surface area contributed by atoms with Crippen LogP contribution in [0.3, 0.4) is 0 Å². The predicted octanol–water partition coefficient (Wildman–Crippen LogP) is 2.08. The molecular weight excluding hydrogens is 242 g/mol. The van der Waals surface area contributed by atoms with Gasteiger partial charge < -0.3 is 10.1 Å². The van der Waals surface area contributed by atoms with E-state index >= 15 is 0 Å². The van der Waals surface area contributed by atoms with Crippen molar-refractivity contribution in [2.45, 2.75) is 39.2 Å². The number of ether oxygens (including phenoxy) is 1. The van der Waals surface area contributed by atoms with Gasteiger partial charge in [0.15, 0.2) is 0 Å². The lowest BCUT2D eigenvalue weighted by Gasteiger charge is -2.17. The molecule has 4 nitrogen and oxygen atoms in total. The molecule has 4 heteroatoms. The lowest BCUT2D eigenvalue weighted by atomic mass is 10.1. The first-order chi connectivity index (χ1) is 9.17. The predicted molar refractivity (Wildman–Crippen MR) is 73.6 cm³/mol. The standard InChI is InChI=1S/C15H21NO3/c1-3-8-14(17)16-13(15(18)19-4-2)11-12-9-6-5-7-10-12/h5-7,9-10,13H,3-4,8,11H2,1-2H3,(H,16,17)/t13-/m0/s1. The van der Waals surface area contributed by atoms with Gasteiger partial charge in [-0.15, -0.1) is 0 Å². The van der Waals surface area contributed by atoms with E-state index in [4.69, 9.17) is 4.74 Å². The Morgan fingerprint density at radius 3 is 2.47 bits per heavy atom. The summed E-state index contributed by atoms with van der Waals surface area (Å²) in [6.45, 7) is 4.00. The summed E-state index contributed by atoms with van der Waals surface area (Å²) in [7, 11) is 0. The van der Waals surface area contributed by atoms with Crippen molar-refractivity contribution >= 4 is 11.9 Å². The third-order valence-electron chi connectivity index (χ3n) is 2.67. The number of hydrogen-bond donors (Lipinski definition) is 1. The molecule has 104 valence electrons. The molecule has 0 spiro atoms. The number of benzene rings is 1. The Bertz CT molecular complexity index is 403. The third kappa shape index (κ3) is 5.55. The molecule has 1 atom stereocenters. The van der Waals surface area contributed by atoms with Gasteiger partial charge in [-0.3, -0.25) is 4.79 Å². The van der Waals surface area contributed by atoms with E-state index in [0.717, 1.165) is 12.0 Å². The van der Waals surface area contributed by atoms with Crippen molar-refractivity contribution in [1.82, 2.24) is 5.32 Å². The van der Waals surface area contributed by atoms with E-state index in [0.29, 0.717) is 19.4 Å². The number of hydrogen-bond acceptors (Lipinski definition) is 3. The summed E-state index contributed by atoms with van der Waals surface area (Å²) in [5, 5.41) is 2.74. The Kier molecular flexibility index (Phi) is 6.64. The number of amides is 1. The zero-order chi connectivity index (χ0) is 14.1. The van der Waals surface area contributed by atoms with Gasteiger partial charge in [0, 0.05) is 12.8 Å². The number of carbonyl (C=O) groups is 2. The molecule has 0 unspecified atom stereocenters. The van der Waals surface area contributed by atoms with Gasteiger partial charge in [-0.2, -0.15) is 0 Å². The van der Waals surface area contributed by atoms with Crippen molar-refractivity contribution in [1.29, 1.82) is 0 Å². The molecule has 0 heterocycles. The maximum Gasteiger partial charge on any atom is 0.328 e. The van der Waals surface area contributed by atoms with E-state index in [2.05, 4.69) is 5.32 Å². The highest BCUT2D eigenvalue weighted by atomic mass is 16.5. The van der Waals surface area contributed by atoms with Crippen LogP contribution in [-0.4, -0.2) is 24.5 Å². The highest BCUT2D eigenvalue weighted by Crippen LogP contribution is 2.05. The van der Waals surface area contributed by atoms with Crippen molar-refractivity contribution in [3.63, 3.8) is 0 Å². The highest BCUT2D eigenvalue weighted by Gasteiger charge is 2.21. The van der Waals surface area contributed by atoms with E-state index in [1.165, 1.54) is 0 Å². The van der Waals surface area contributed by atoms with Crippen LogP contribution in [0.5, 0.6) is 0 Å². The Morgan fingerprint density at radius 1 is 1.21 bits per heavy atom. The van der Waals surface area contributed by atoms with Gasteiger partial charge in [0.1, 0.15) is 6.04 Å². The van der Waals surface area contributed by atoms with Crippen molar-refractivity contribution in [2.24, 2.45) is 0 Å². The Labute approximate surface area is 114 Å². The molecule has 1 aromatic carbocycles. The average Bonchev–Trinajstić information content (AvgIpc) is 2.40. The molecule has 1 aromatic rings. The second kappa shape index (κ2) is 8.29. The molecule has 0 aromatic heterocycles. The fourth-order valence-electron chi connectivity index (χ4n) is 1.78. The van der Waals surface area contributed by atoms with E-state index < -0.39 is 6.04 Å². The second-order valence-electron chi connectivity index (χ2n) is 4.31. The summed E-state index contributed by atoms with van der Waals surface area (Å²) in [4.78, 5) is 23.5. The molecule has 1 amide bonds. The fraction of sp³-hybridized carbons (Fsp3) is 0.467. The maximum absolute atomic E-state index is 11.9. The summed E-state index contributed by atoms with van der Waals surface area (Å²) in [5.41, 5.74) is 0.998. The lowest BCUT2D eigenvalue weighted by Crippen LogP contribution is -2.43. The van der Waals surface area contributed by atoms with Crippen LogP contribution in [0.1, 0.15) is 32.3 Å². The van der Waals surface area contributed by atoms with Crippen LogP contribution in [0.25, 0.3) is 0 Å². The van der Waals surface area contributed by atoms with E-state index in [-0.39, 0.29) is 11.9 Å². The van der Waals surface area contributed by atoms with Crippen LogP contribution in [-0.2, 0) is 20.7 Å². The maximum atomic E-state index is 11.9. The minimum atomic E-state index is -0.610. The van der Waals surface area contributed by atoms with Gasteiger partial charge in [-0.05, 0) is 18.9 Å². The first kappa shape index (κ1) is 15.2. The summed E-state index contributed by atoms with van der Waals surface area (Å²) in [6, 6.07) is 8.98. The molecule has 1 rings (SSSR count). The van der Waals surface area contributed by atoms with Crippen LogP contribution < -0.4 is 5.32 Å². The quantitative estimate of drug-likeness (QED) is 0.766. The zero-order valence-corrected chi connectivity index (χ0v) is 11.5. The van der Waals surface area contributed by atoms with Gasteiger partial charge in [0.05, 0.1) is 6.61 Å². The smallest absolute Gasteiger partial charge is 0.328 e. The molecule has 0 saturated heterocycles. The molecule has 19 heavy (non-hydrogen) atoms. The largest absolute Gasteiger partial charge is 0.464 e. The minimum Gasteiger partial charge on any atom is -0.464 e. The van der Waals surface area contributed by atoms with E-state index in [1.54, 1.807) is 6.92 Å². The zero-order valence-electron chi connectivity index (χ0n) is 11.5. The molecule has 0 aliphatic carbocycles. The lowest BCUT2D eigenvalue weighted by molar-refractivity contribution is -0.147. The highest BCUT2D eigenvalue weighted by molar-refractivity contribution is 5.84. The topological polar surface area (TPSA) is 55.4 Å². The normalized spacial score (nSPS) is 11.7. The molecule has 1 N–H and O–H groups in total. The Hall–Kier alpha value is -1.84. The van der Waals surface area contributed by atoms with Crippen LogP contribution in [0.4, 0.5) is 0 Å². The third-order valence-corrected chi connectivity index (χ3v) is 2.67. The van der Waals surface area contributed by atoms with Gasteiger partial charge in [0.25, 0.3) is 0 Å². The van der Waals surface area contributed by atoms with Crippen LogP contribution in [0.15, 0.2) is 30.3 Å². The second-order valence-corrected chi connectivity index (χ2v) is 4.31. The van der Waals surface area contributed by atoms with Crippen LogP contribution in [0, 0.1) is 0 Å². The monoisotopic (exact) mass is 263 g/mol. The number of carbonyl (C=O) groups excluding carboxylic acids is 2. The molecule has 0 aliphatic rings. The number of rotatable bonds is 7. The average molecular weight is 263 g/mol. The molecule has 0 saturated carbocycles. The van der Waals surface area contributed by atoms with Gasteiger partial charge in [0.2, 0.25) is 5.91 Å². The minimum absolute atomic E-state index is 0.114. The van der Waals surface area contributed by atoms with Gasteiger partial charge in [-0.1, -0.05) is 37.3 Å². The van der Waals surface area contributed by atoms with Gasteiger partial charge in [-0.25, -0.2) is 4.79 Å². The van der Waals surface area contributed by atoms with Crippen molar-refractivity contribution in [3.8, 4) is 0 Å². The number of nitrogens with one attached hydrogen (secondary N) is 1. The van der Waals surface area contributed by atoms with Crippen molar-refractivity contribution < 1.29 is 14.3 Å². The Balaban J connectivity index is 2.69.